The molecule has 0 spiro atoms. The van der Waals surface area contributed by atoms with E-state index in [0.717, 1.165) is 32.2 Å². The molecule has 0 bridgehead atoms. The number of benzene rings is 3. The SMILES string of the molecule is COc1ccc(-n2nnc(C(=O)Nc3ccccc3-c3nc4ccccc4s3)c2C)cc1. The van der Waals surface area contributed by atoms with Gasteiger partial charge in [-0.2, -0.15) is 0 Å². The first-order valence-corrected chi connectivity index (χ1v) is 10.8. The number of nitrogens with zero attached hydrogens (tertiary/aromatic N) is 4. The van der Waals surface area contributed by atoms with E-state index in [1.807, 2.05) is 79.7 Å². The number of hydrogen-bond donors (Lipinski definition) is 1. The standard InChI is InChI=1S/C24H19N5O2S/c1-15-22(27-28-29(15)16-11-13-17(31-2)14-12-16)23(30)25-19-8-4-3-7-18(19)24-26-20-9-5-6-10-21(20)32-24/h3-14H,1-2H3,(H,25,30). The van der Waals surface area contributed by atoms with Gasteiger partial charge in [0.25, 0.3) is 5.91 Å². The lowest BCUT2D eigenvalue weighted by molar-refractivity contribution is 0.102. The number of thiazole rings is 1. The van der Waals surface area contributed by atoms with Gasteiger partial charge >= 0.3 is 0 Å². The molecule has 5 aromatic rings. The largest absolute Gasteiger partial charge is 0.497 e. The smallest absolute Gasteiger partial charge is 0.278 e. The second-order valence-corrected chi connectivity index (χ2v) is 8.15. The fourth-order valence-corrected chi connectivity index (χ4v) is 4.46. The van der Waals surface area contributed by atoms with E-state index >= 15 is 0 Å². The molecule has 3 aromatic carbocycles. The summed E-state index contributed by atoms with van der Waals surface area (Å²) < 4.78 is 7.93. The number of carbonyl (C=O) groups is 1. The van der Waals surface area contributed by atoms with Crippen LogP contribution in [0.25, 0.3) is 26.5 Å². The van der Waals surface area contributed by atoms with E-state index in [1.54, 1.807) is 23.1 Å². The van der Waals surface area contributed by atoms with E-state index in [4.69, 9.17) is 9.72 Å². The molecule has 0 saturated carbocycles. The highest BCUT2D eigenvalue weighted by Crippen LogP contribution is 2.34. The molecule has 8 heteroatoms. The van der Waals surface area contributed by atoms with Crippen molar-refractivity contribution in [2.75, 3.05) is 12.4 Å². The first-order chi connectivity index (χ1) is 15.6. The van der Waals surface area contributed by atoms with E-state index in [-0.39, 0.29) is 11.6 Å². The third kappa shape index (κ3) is 3.61. The number of methoxy groups -OCH3 is 1. The van der Waals surface area contributed by atoms with Gasteiger partial charge in [-0.1, -0.05) is 29.5 Å². The van der Waals surface area contributed by atoms with Crippen molar-refractivity contribution in [3.63, 3.8) is 0 Å². The Labute approximate surface area is 188 Å². The fourth-order valence-electron chi connectivity index (χ4n) is 3.46. The summed E-state index contributed by atoms with van der Waals surface area (Å²) in [6.07, 6.45) is 0. The molecule has 0 aliphatic carbocycles. The number of aromatic nitrogens is 4. The number of para-hydroxylation sites is 2. The number of amides is 1. The summed E-state index contributed by atoms with van der Waals surface area (Å²) in [5.41, 5.74) is 4.18. The number of hydrogen-bond acceptors (Lipinski definition) is 6. The maximum Gasteiger partial charge on any atom is 0.278 e. The Bertz CT molecular complexity index is 1390. The van der Waals surface area contributed by atoms with Crippen LogP contribution in [0.2, 0.25) is 0 Å². The first kappa shape index (κ1) is 19.9. The van der Waals surface area contributed by atoms with Crippen molar-refractivity contribution in [2.45, 2.75) is 6.92 Å². The van der Waals surface area contributed by atoms with Crippen LogP contribution in [0, 0.1) is 6.92 Å². The molecule has 0 radical (unpaired) electrons. The van der Waals surface area contributed by atoms with Crippen molar-refractivity contribution < 1.29 is 9.53 Å². The molecule has 5 rings (SSSR count). The van der Waals surface area contributed by atoms with Crippen LogP contribution in [-0.2, 0) is 0 Å². The summed E-state index contributed by atoms with van der Waals surface area (Å²) in [6, 6.07) is 23.0. The van der Waals surface area contributed by atoms with Gasteiger partial charge in [-0.3, -0.25) is 4.79 Å². The number of fused-ring (bicyclic) bond motifs is 1. The molecular weight excluding hydrogens is 422 g/mol. The summed E-state index contributed by atoms with van der Waals surface area (Å²) in [6.45, 7) is 1.82. The molecule has 1 amide bonds. The normalized spacial score (nSPS) is 10.9. The zero-order valence-electron chi connectivity index (χ0n) is 17.4. The number of ether oxygens (including phenoxy) is 1. The highest BCUT2D eigenvalue weighted by Gasteiger charge is 2.19. The van der Waals surface area contributed by atoms with Crippen molar-refractivity contribution in [2.24, 2.45) is 0 Å². The molecule has 32 heavy (non-hydrogen) atoms. The van der Waals surface area contributed by atoms with Gasteiger partial charge in [-0.05, 0) is 55.5 Å². The lowest BCUT2D eigenvalue weighted by Gasteiger charge is -2.09. The lowest BCUT2D eigenvalue weighted by Crippen LogP contribution is -2.14. The van der Waals surface area contributed by atoms with Crippen molar-refractivity contribution in [3.05, 3.63) is 84.2 Å². The highest BCUT2D eigenvalue weighted by molar-refractivity contribution is 7.21. The zero-order valence-corrected chi connectivity index (χ0v) is 18.3. The van der Waals surface area contributed by atoms with E-state index in [1.165, 1.54) is 0 Å². The number of anilines is 1. The van der Waals surface area contributed by atoms with Gasteiger partial charge in [0.15, 0.2) is 5.69 Å². The first-order valence-electron chi connectivity index (χ1n) is 9.97. The van der Waals surface area contributed by atoms with E-state index in [0.29, 0.717) is 11.4 Å². The monoisotopic (exact) mass is 441 g/mol. The molecule has 0 saturated heterocycles. The van der Waals surface area contributed by atoms with Crippen LogP contribution < -0.4 is 10.1 Å². The van der Waals surface area contributed by atoms with Crippen LogP contribution in [-0.4, -0.2) is 33.0 Å². The van der Waals surface area contributed by atoms with Crippen LogP contribution in [0.1, 0.15) is 16.2 Å². The minimum Gasteiger partial charge on any atom is -0.497 e. The van der Waals surface area contributed by atoms with Crippen molar-refractivity contribution in [1.82, 2.24) is 20.0 Å². The van der Waals surface area contributed by atoms with Crippen molar-refractivity contribution in [3.8, 4) is 22.0 Å². The Hall–Kier alpha value is -4.04. The Morgan fingerprint density at radius 2 is 1.75 bits per heavy atom. The van der Waals surface area contributed by atoms with Crippen LogP contribution >= 0.6 is 11.3 Å². The minimum absolute atomic E-state index is 0.264. The summed E-state index contributed by atoms with van der Waals surface area (Å²) in [4.78, 5) is 17.8. The quantitative estimate of drug-likeness (QED) is 0.410. The predicted molar refractivity (Wildman–Crippen MR) is 126 cm³/mol. The Balaban J connectivity index is 1.44. The lowest BCUT2D eigenvalue weighted by atomic mass is 10.1. The van der Waals surface area contributed by atoms with Crippen LogP contribution in [0.4, 0.5) is 5.69 Å². The van der Waals surface area contributed by atoms with Crippen molar-refractivity contribution >= 4 is 33.1 Å². The topological polar surface area (TPSA) is 81.9 Å². The molecule has 0 aliphatic heterocycles. The molecule has 1 N–H and O–H groups in total. The maximum absolute atomic E-state index is 13.1. The van der Waals surface area contributed by atoms with Gasteiger partial charge < -0.3 is 10.1 Å². The summed E-state index contributed by atoms with van der Waals surface area (Å²) in [5.74, 6) is 0.423. The van der Waals surface area contributed by atoms with E-state index in [2.05, 4.69) is 15.6 Å². The second-order valence-electron chi connectivity index (χ2n) is 7.12. The second kappa shape index (κ2) is 8.24. The molecule has 0 unspecified atom stereocenters. The third-order valence-corrected chi connectivity index (χ3v) is 6.20. The zero-order chi connectivity index (χ0) is 22.1. The molecule has 2 aromatic heterocycles. The molecule has 0 atom stereocenters. The Kier molecular flexibility index (Phi) is 5.12. The minimum atomic E-state index is -0.323. The van der Waals surface area contributed by atoms with Crippen LogP contribution in [0.5, 0.6) is 5.75 Å². The maximum atomic E-state index is 13.1. The number of nitrogens with one attached hydrogen (secondary N) is 1. The predicted octanol–water partition coefficient (Wildman–Crippen LogP) is 5.11. The number of carbonyl (C=O) groups excluding carboxylic acids is 1. The Morgan fingerprint density at radius 1 is 1.00 bits per heavy atom. The average Bonchev–Trinajstić information content (AvgIpc) is 3.43. The fraction of sp³-hybridized carbons (Fsp3) is 0.0833. The molecule has 158 valence electrons. The summed E-state index contributed by atoms with van der Waals surface area (Å²) in [7, 11) is 1.62. The number of rotatable bonds is 5. The third-order valence-electron chi connectivity index (χ3n) is 5.13. The average molecular weight is 442 g/mol. The van der Waals surface area contributed by atoms with Gasteiger partial charge in [0.05, 0.1) is 34.4 Å². The summed E-state index contributed by atoms with van der Waals surface area (Å²) in [5, 5.41) is 12.1. The van der Waals surface area contributed by atoms with Crippen LogP contribution in [0.15, 0.2) is 72.8 Å². The molecule has 7 nitrogen and oxygen atoms in total. The molecule has 0 fully saturated rings. The van der Waals surface area contributed by atoms with E-state index in [9.17, 15) is 4.79 Å². The van der Waals surface area contributed by atoms with E-state index < -0.39 is 0 Å². The van der Waals surface area contributed by atoms with Gasteiger partial charge in [-0.25, -0.2) is 9.67 Å². The molecule has 0 aliphatic rings. The van der Waals surface area contributed by atoms with Gasteiger partial charge in [-0.15, -0.1) is 16.4 Å². The molecule has 2 heterocycles. The van der Waals surface area contributed by atoms with Gasteiger partial charge in [0, 0.05) is 5.56 Å². The molecular formula is C24H19N5O2S. The Morgan fingerprint density at radius 3 is 2.53 bits per heavy atom. The highest BCUT2D eigenvalue weighted by atomic mass is 32.1. The summed E-state index contributed by atoms with van der Waals surface area (Å²) >= 11 is 1.59. The van der Waals surface area contributed by atoms with Gasteiger partial charge in [0.2, 0.25) is 0 Å². The van der Waals surface area contributed by atoms with Crippen LogP contribution in [0.3, 0.4) is 0 Å². The van der Waals surface area contributed by atoms with Crippen molar-refractivity contribution in [1.29, 1.82) is 0 Å². The van der Waals surface area contributed by atoms with Gasteiger partial charge in [0.1, 0.15) is 10.8 Å².